The van der Waals surface area contributed by atoms with Gasteiger partial charge in [0.15, 0.2) is 5.13 Å². The lowest BCUT2D eigenvalue weighted by Gasteiger charge is -2.03. The van der Waals surface area contributed by atoms with E-state index in [0.717, 1.165) is 22.2 Å². The van der Waals surface area contributed by atoms with Crippen LogP contribution in [-0.2, 0) is 27.7 Å². The fraction of sp³-hybridized carbons (Fsp3) is 0.222. The van der Waals surface area contributed by atoms with E-state index in [4.69, 9.17) is 4.74 Å². The van der Waals surface area contributed by atoms with E-state index in [9.17, 15) is 14.4 Å². The summed E-state index contributed by atoms with van der Waals surface area (Å²) in [4.78, 5) is 40.3. The molecule has 9 heteroatoms. The van der Waals surface area contributed by atoms with Crippen molar-refractivity contribution in [3.63, 3.8) is 0 Å². The number of aryl methyl sites for hydroxylation is 1. The molecule has 0 bridgehead atoms. The molecular formula is C18H17N3O5S. The summed E-state index contributed by atoms with van der Waals surface area (Å²) in [5.74, 6) is -1.54. The summed E-state index contributed by atoms with van der Waals surface area (Å²) in [6.45, 7) is 0. The van der Waals surface area contributed by atoms with E-state index in [1.807, 2.05) is 29.9 Å². The van der Waals surface area contributed by atoms with Gasteiger partial charge in [-0.2, -0.15) is 0 Å². The maximum Gasteiger partial charge on any atom is 0.350 e. The fourth-order valence-corrected chi connectivity index (χ4v) is 3.45. The number of benzene rings is 1. The summed E-state index contributed by atoms with van der Waals surface area (Å²) < 4.78 is 11.2. The minimum Gasteiger partial charge on any atom is -0.469 e. The van der Waals surface area contributed by atoms with Crippen LogP contribution >= 0.6 is 11.3 Å². The third-order valence-corrected chi connectivity index (χ3v) is 4.97. The Bertz CT molecular complexity index is 1040. The number of aromatic nitrogens is 2. The second-order valence-electron chi connectivity index (χ2n) is 5.69. The molecule has 0 aliphatic rings. The van der Waals surface area contributed by atoms with Crippen LogP contribution in [0.4, 0.5) is 5.13 Å². The Kier molecular flexibility index (Phi) is 5.22. The number of methoxy groups -OCH3 is 2. The lowest BCUT2D eigenvalue weighted by atomic mass is 10.1. The number of hydrogen-bond acceptors (Lipinski definition) is 7. The molecular weight excluding hydrogens is 370 g/mol. The first-order chi connectivity index (χ1) is 12.9. The summed E-state index contributed by atoms with van der Waals surface area (Å²) in [7, 11) is 4.37. The van der Waals surface area contributed by atoms with E-state index >= 15 is 0 Å². The highest BCUT2D eigenvalue weighted by Gasteiger charge is 2.22. The van der Waals surface area contributed by atoms with E-state index in [0.29, 0.717) is 5.56 Å². The van der Waals surface area contributed by atoms with Crippen molar-refractivity contribution < 1.29 is 23.9 Å². The molecule has 0 atom stereocenters. The Hall–Kier alpha value is -3.20. The Morgan fingerprint density at radius 3 is 2.67 bits per heavy atom. The van der Waals surface area contributed by atoms with Crippen molar-refractivity contribution in [2.75, 3.05) is 19.5 Å². The number of carbonyl (C=O) groups excluding carboxylic acids is 3. The van der Waals surface area contributed by atoms with Gasteiger partial charge in [-0.1, -0.05) is 17.4 Å². The van der Waals surface area contributed by atoms with E-state index in [1.165, 1.54) is 14.2 Å². The first kappa shape index (κ1) is 18.6. The molecule has 1 amide bonds. The van der Waals surface area contributed by atoms with Crippen LogP contribution in [0.25, 0.3) is 10.9 Å². The van der Waals surface area contributed by atoms with Crippen LogP contribution in [0, 0.1) is 0 Å². The predicted molar refractivity (Wildman–Crippen MR) is 100 cm³/mol. The van der Waals surface area contributed by atoms with Crippen molar-refractivity contribution in [3.8, 4) is 0 Å². The van der Waals surface area contributed by atoms with Crippen molar-refractivity contribution in [1.82, 2.24) is 9.55 Å². The smallest absolute Gasteiger partial charge is 0.350 e. The number of amides is 1. The second-order valence-corrected chi connectivity index (χ2v) is 6.69. The molecule has 0 fully saturated rings. The highest BCUT2D eigenvalue weighted by molar-refractivity contribution is 7.17. The zero-order valence-corrected chi connectivity index (χ0v) is 15.8. The molecule has 0 aliphatic heterocycles. The molecule has 0 aliphatic carbocycles. The number of fused-ring (bicyclic) bond motifs is 1. The molecule has 0 spiro atoms. The fourth-order valence-electron chi connectivity index (χ4n) is 2.56. The quantitative estimate of drug-likeness (QED) is 0.675. The molecule has 1 N–H and O–H groups in total. The topological polar surface area (TPSA) is 99.5 Å². The van der Waals surface area contributed by atoms with Gasteiger partial charge in [-0.25, -0.2) is 9.78 Å². The molecule has 3 aromatic rings. The maximum absolute atomic E-state index is 12.6. The van der Waals surface area contributed by atoms with Gasteiger partial charge in [-0.3, -0.25) is 14.9 Å². The number of nitrogens with zero attached hydrogens (tertiary/aromatic N) is 2. The van der Waals surface area contributed by atoms with E-state index in [-0.39, 0.29) is 28.0 Å². The van der Waals surface area contributed by atoms with Gasteiger partial charge in [0.2, 0.25) is 0 Å². The summed E-state index contributed by atoms with van der Waals surface area (Å²) in [6.07, 6.45) is 1.72. The monoisotopic (exact) mass is 387 g/mol. The van der Waals surface area contributed by atoms with Gasteiger partial charge in [-0.15, -0.1) is 0 Å². The summed E-state index contributed by atoms with van der Waals surface area (Å²) in [6, 6.07) is 7.30. The van der Waals surface area contributed by atoms with E-state index in [1.54, 1.807) is 12.1 Å². The lowest BCUT2D eigenvalue weighted by molar-refractivity contribution is -0.139. The van der Waals surface area contributed by atoms with Gasteiger partial charge in [-0.05, 0) is 23.6 Å². The molecule has 3 rings (SSSR count). The zero-order valence-electron chi connectivity index (χ0n) is 14.9. The Balaban J connectivity index is 1.86. The van der Waals surface area contributed by atoms with Crippen LogP contribution < -0.4 is 5.32 Å². The molecule has 0 unspecified atom stereocenters. The van der Waals surface area contributed by atoms with Crippen LogP contribution in [0.3, 0.4) is 0 Å². The van der Waals surface area contributed by atoms with E-state index in [2.05, 4.69) is 15.0 Å². The van der Waals surface area contributed by atoms with Gasteiger partial charge in [0, 0.05) is 24.3 Å². The SMILES string of the molecule is COC(=O)Cc1nc(NC(=O)c2ccc3ccn(C)c3c2)sc1C(=O)OC. The minimum absolute atomic E-state index is 0.149. The number of carbonyl (C=O) groups is 3. The number of anilines is 1. The second kappa shape index (κ2) is 7.58. The highest BCUT2D eigenvalue weighted by Crippen LogP contribution is 2.25. The number of thiazole rings is 1. The van der Waals surface area contributed by atoms with Crippen molar-refractivity contribution in [3.05, 3.63) is 46.6 Å². The number of esters is 2. The highest BCUT2D eigenvalue weighted by atomic mass is 32.1. The van der Waals surface area contributed by atoms with Crippen LogP contribution in [0.1, 0.15) is 25.7 Å². The summed E-state index contributed by atoms with van der Waals surface area (Å²) in [5, 5.41) is 3.89. The Morgan fingerprint density at radius 1 is 1.19 bits per heavy atom. The van der Waals surface area contributed by atoms with Crippen LogP contribution in [0.15, 0.2) is 30.5 Å². The van der Waals surface area contributed by atoms with Crippen molar-refractivity contribution in [2.45, 2.75) is 6.42 Å². The van der Waals surface area contributed by atoms with Crippen molar-refractivity contribution >= 4 is 45.2 Å². The predicted octanol–water partition coefficient (Wildman–Crippen LogP) is 2.39. The molecule has 1 aromatic carbocycles. The number of rotatable bonds is 5. The van der Waals surface area contributed by atoms with Gasteiger partial charge in [0.25, 0.3) is 5.91 Å². The Morgan fingerprint density at radius 2 is 1.96 bits per heavy atom. The number of ether oxygens (including phenoxy) is 2. The molecule has 27 heavy (non-hydrogen) atoms. The minimum atomic E-state index is -0.628. The third-order valence-electron chi connectivity index (χ3n) is 3.98. The average molecular weight is 387 g/mol. The summed E-state index contributed by atoms with van der Waals surface area (Å²) in [5.41, 5.74) is 1.57. The van der Waals surface area contributed by atoms with Crippen LogP contribution in [0.2, 0.25) is 0 Å². The lowest BCUT2D eigenvalue weighted by Crippen LogP contribution is -2.12. The normalized spacial score (nSPS) is 10.6. The van der Waals surface area contributed by atoms with Crippen LogP contribution in [-0.4, -0.2) is 41.6 Å². The third kappa shape index (κ3) is 3.82. The zero-order chi connectivity index (χ0) is 19.6. The average Bonchev–Trinajstić information content (AvgIpc) is 3.24. The van der Waals surface area contributed by atoms with Gasteiger partial charge >= 0.3 is 11.9 Å². The van der Waals surface area contributed by atoms with Crippen LogP contribution in [0.5, 0.6) is 0 Å². The molecule has 2 heterocycles. The van der Waals surface area contributed by atoms with Gasteiger partial charge in [0.1, 0.15) is 4.88 Å². The van der Waals surface area contributed by atoms with E-state index < -0.39 is 11.9 Å². The Labute approximate surface area is 158 Å². The van der Waals surface area contributed by atoms with Crippen molar-refractivity contribution in [1.29, 1.82) is 0 Å². The number of hydrogen-bond donors (Lipinski definition) is 1. The molecule has 2 aromatic heterocycles. The molecule has 8 nitrogen and oxygen atoms in total. The first-order valence-electron chi connectivity index (χ1n) is 7.94. The standard InChI is InChI=1S/C18H17N3O5S/c1-21-7-6-10-4-5-11(8-13(10)21)16(23)20-18-19-12(9-14(22)25-2)15(27-18)17(24)26-3/h4-8H,9H2,1-3H3,(H,19,20,23). The molecule has 0 radical (unpaired) electrons. The molecule has 0 saturated carbocycles. The maximum atomic E-state index is 12.6. The molecule has 0 saturated heterocycles. The largest absolute Gasteiger partial charge is 0.469 e. The van der Waals surface area contributed by atoms with Gasteiger partial charge in [0.05, 0.1) is 26.3 Å². The van der Waals surface area contributed by atoms with Gasteiger partial charge < -0.3 is 14.0 Å². The molecule has 140 valence electrons. The summed E-state index contributed by atoms with van der Waals surface area (Å²) >= 11 is 0.946. The van der Waals surface area contributed by atoms with Crippen molar-refractivity contribution in [2.24, 2.45) is 7.05 Å². The number of nitrogens with one attached hydrogen (secondary N) is 1. The first-order valence-corrected chi connectivity index (χ1v) is 8.76.